The summed E-state index contributed by atoms with van der Waals surface area (Å²) in [6.07, 6.45) is 1.63. The first kappa shape index (κ1) is 21.6. The van der Waals surface area contributed by atoms with Crippen LogP contribution in [0, 0.1) is 5.92 Å². The number of allylic oxidation sites excluding steroid dienone is 3. The monoisotopic (exact) mass is 303 g/mol. The maximum absolute atomic E-state index is 9.77. The second kappa shape index (κ2) is 10.1. The van der Waals surface area contributed by atoms with Gasteiger partial charge in [0, 0.05) is 0 Å². The molecule has 1 rings (SSSR count). The lowest BCUT2D eigenvalue weighted by Crippen LogP contribution is -2.39. The van der Waals surface area contributed by atoms with E-state index in [4.69, 9.17) is 20.4 Å². The summed E-state index contributed by atoms with van der Waals surface area (Å²) in [6.45, 7) is 8.33. The Balaban J connectivity index is 0. The summed E-state index contributed by atoms with van der Waals surface area (Å²) < 4.78 is 0. The number of aliphatic hydroxyl groups is 2. The second-order valence-electron chi connectivity index (χ2n) is 4.93. The molecule has 3 unspecified atom stereocenters. The summed E-state index contributed by atoms with van der Waals surface area (Å²) >= 11 is 0. The minimum Gasteiger partial charge on any atom is -0.479 e. The van der Waals surface area contributed by atoms with Crippen LogP contribution in [0.25, 0.3) is 0 Å². The van der Waals surface area contributed by atoms with Crippen molar-refractivity contribution < 1.29 is 30.0 Å². The van der Waals surface area contributed by atoms with E-state index in [1.54, 1.807) is 5.57 Å². The summed E-state index contributed by atoms with van der Waals surface area (Å²) in [7, 11) is 0. The van der Waals surface area contributed by atoms with Crippen LogP contribution < -0.4 is 6.15 Å². The highest BCUT2D eigenvalue weighted by Gasteiger charge is 2.29. The second-order valence-corrected chi connectivity index (χ2v) is 4.93. The Hall–Kier alpha value is -1.70. The van der Waals surface area contributed by atoms with E-state index in [1.807, 2.05) is 0 Å². The van der Waals surface area contributed by atoms with E-state index < -0.39 is 24.1 Å². The third-order valence-corrected chi connectivity index (χ3v) is 3.14. The van der Waals surface area contributed by atoms with Crippen LogP contribution >= 0.6 is 0 Å². The molecule has 0 aromatic carbocycles. The van der Waals surface area contributed by atoms with Crippen molar-refractivity contribution >= 4 is 11.9 Å². The van der Waals surface area contributed by atoms with E-state index in [1.165, 1.54) is 24.8 Å². The maximum atomic E-state index is 9.77. The molecule has 0 fully saturated rings. The SMILES string of the molecule is C=C(C)C1CC=C(C)CC1.N.O=C(O)C(O)C(O)C(=O)O. The van der Waals surface area contributed by atoms with Crippen molar-refractivity contribution in [1.82, 2.24) is 6.15 Å². The molecule has 0 spiro atoms. The third kappa shape index (κ3) is 8.23. The molecule has 0 aromatic heterocycles. The maximum Gasteiger partial charge on any atom is 0.335 e. The van der Waals surface area contributed by atoms with Crippen molar-refractivity contribution in [3.05, 3.63) is 23.8 Å². The number of hydrogen-bond acceptors (Lipinski definition) is 5. The number of carbonyl (C=O) groups is 2. The number of carboxylic acid groups (broad SMARTS) is 2. The average Bonchev–Trinajstić information content (AvgIpc) is 2.38. The first-order chi connectivity index (χ1) is 9.16. The number of carboxylic acids is 2. The van der Waals surface area contributed by atoms with Crippen LogP contribution in [-0.2, 0) is 9.59 Å². The lowest BCUT2D eigenvalue weighted by Gasteiger charge is -2.19. The fourth-order valence-electron chi connectivity index (χ4n) is 1.68. The third-order valence-electron chi connectivity index (χ3n) is 3.14. The van der Waals surface area contributed by atoms with E-state index in [9.17, 15) is 9.59 Å². The van der Waals surface area contributed by atoms with E-state index in [0.717, 1.165) is 5.92 Å². The van der Waals surface area contributed by atoms with Gasteiger partial charge in [0.1, 0.15) is 0 Å². The van der Waals surface area contributed by atoms with E-state index in [2.05, 4.69) is 26.5 Å². The standard InChI is InChI=1S/C10H16.C4H6O6.H3N/c1-8(2)10-6-4-9(3)5-7-10;5-1(3(7)8)2(6)4(9)10;/h4,10H,1,5-7H2,2-3H3;1-2,5-6H,(H,7,8)(H,9,10);1H3. The number of aliphatic hydroxyl groups excluding tert-OH is 2. The zero-order valence-electron chi connectivity index (χ0n) is 12.5. The molecule has 0 aliphatic heterocycles. The molecule has 0 bridgehead atoms. The van der Waals surface area contributed by atoms with E-state index >= 15 is 0 Å². The zero-order chi connectivity index (χ0) is 15.9. The molecule has 0 saturated heterocycles. The fourth-order valence-corrected chi connectivity index (χ4v) is 1.68. The van der Waals surface area contributed by atoms with Gasteiger partial charge in [0.2, 0.25) is 0 Å². The molecule has 122 valence electrons. The molecule has 3 atom stereocenters. The first-order valence-electron chi connectivity index (χ1n) is 6.29. The van der Waals surface area contributed by atoms with Crippen molar-refractivity contribution in [3.8, 4) is 0 Å². The minimum absolute atomic E-state index is 0. The molecule has 21 heavy (non-hydrogen) atoms. The van der Waals surface area contributed by atoms with E-state index in [-0.39, 0.29) is 6.15 Å². The highest BCUT2D eigenvalue weighted by atomic mass is 16.4. The summed E-state index contributed by atoms with van der Waals surface area (Å²) in [5.74, 6) is -2.77. The lowest BCUT2D eigenvalue weighted by atomic mass is 9.86. The summed E-state index contributed by atoms with van der Waals surface area (Å²) in [5.41, 5.74) is 2.90. The van der Waals surface area contributed by atoms with Gasteiger partial charge in [-0.15, -0.1) is 0 Å². The summed E-state index contributed by atoms with van der Waals surface area (Å²) in [6, 6.07) is 0. The highest BCUT2D eigenvalue weighted by Crippen LogP contribution is 2.27. The number of rotatable bonds is 4. The van der Waals surface area contributed by atoms with Gasteiger partial charge < -0.3 is 26.6 Å². The number of aliphatic carboxylic acids is 2. The predicted octanol–water partition coefficient (Wildman–Crippen LogP) is 1.35. The van der Waals surface area contributed by atoms with Gasteiger partial charge in [-0.25, -0.2) is 9.59 Å². The quantitative estimate of drug-likeness (QED) is 0.492. The Morgan fingerprint density at radius 1 is 1.24 bits per heavy atom. The van der Waals surface area contributed by atoms with Crippen molar-refractivity contribution in [3.63, 3.8) is 0 Å². The molecular weight excluding hydrogens is 278 g/mol. The zero-order valence-corrected chi connectivity index (χ0v) is 12.5. The van der Waals surface area contributed by atoms with Crippen molar-refractivity contribution in [1.29, 1.82) is 0 Å². The van der Waals surface area contributed by atoms with Crippen molar-refractivity contribution in [2.75, 3.05) is 0 Å². The molecule has 7 nitrogen and oxygen atoms in total. The molecule has 1 aliphatic rings. The van der Waals surface area contributed by atoms with Crippen LogP contribution in [0.2, 0.25) is 0 Å². The van der Waals surface area contributed by atoms with Gasteiger partial charge in [-0.1, -0.05) is 23.8 Å². The molecule has 0 radical (unpaired) electrons. The molecule has 7 heteroatoms. The van der Waals surface area contributed by atoms with Crippen LogP contribution in [0.4, 0.5) is 0 Å². The van der Waals surface area contributed by atoms with Crippen molar-refractivity contribution in [2.45, 2.75) is 45.3 Å². The lowest BCUT2D eigenvalue weighted by molar-refractivity contribution is -0.165. The molecule has 7 N–H and O–H groups in total. The van der Waals surface area contributed by atoms with Gasteiger partial charge >= 0.3 is 11.9 Å². The van der Waals surface area contributed by atoms with Gasteiger partial charge in [-0.2, -0.15) is 0 Å². The topological polar surface area (TPSA) is 150 Å². The number of hydrogen-bond donors (Lipinski definition) is 5. The Kier molecular flexibility index (Phi) is 10.4. The van der Waals surface area contributed by atoms with Crippen LogP contribution in [0.5, 0.6) is 0 Å². The van der Waals surface area contributed by atoms with Gasteiger partial charge in [-0.3, -0.25) is 0 Å². The van der Waals surface area contributed by atoms with E-state index in [0.29, 0.717) is 0 Å². The Morgan fingerprint density at radius 3 is 1.90 bits per heavy atom. The van der Waals surface area contributed by atoms with Crippen LogP contribution in [0.15, 0.2) is 23.8 Å². The highest BCUT2D eigenvalue weighted by molar-refractivity contribution is 5.83. The Morgan fingerprint density at radius 2 is 1.67 bits per heavy atom. The summed E-state index contributed by atoms with van der Waals surface area (Å²) in [4.78, 5) is 19.5. The average molecular weight is 303 g/mol. The molecular formula is C14H25NO6. The smallest absolute Gasteiger partial charge is 0.335 e. The molecule has 0 saturated carbocycles. The normalized spacial score (nSPS) is 19.8. The summed E-state index contributed by atoms with van der Waals surface area (Å²) in [5, 5.41) is 32.5. The van der Waals surface area contributed by atoms with Gasteiger partial charge in [0.05, 0.1) is 0 Å². The largest absolute Gasteiger partial charge is 0.479 e. The van der Waals surface area contributed by atoms with Crippen LogP contribution in [-0.4, -0.2) is 44.6 Å². The minimum atomic E-state index is -2.27. The van der Waals surface area contributed by atoms with Crippen molar-refractivity contribution in [2.24, 2.45) is 5.92 Å². The Bertz CT molecular complexity index is 386. The molecule has 0 aromatic rings. The van der Waals surface area contributed by atoms with Crippen LogP contribution in [0.1, 0.15) is 33.1 Å². The first-order valence-corrected chi connectivity index (χ1v) is 6.29. The molecule has 1 aliphatic carbocycles. The van der Waals surface area contributed by atoms with Gasteiger partial charge in [0.25, 0.3) is 0 Å². The fraction of sp³-hybridized carbons (Fsp3) is 0.571. The molecule has 0 heterocycles. The van der Waals surface area contributed by atoms with Gasteiger partial charge in [0.15, 0.2) is 12.2 Å². The predicted molar refractivity (Wildman–Crippen MR) is 78.2 cm³/mol. The Labute approximate surface area is 124 Å². The van der Waals surface area contributed by atoms with Gasteiger partial charge in [-0.05, 0) is 39.0 Å². The molecule has 0 amide bonds. The van der Waals surface area contributed by atoms with Crippen LogP contribution in [0.3, 0.4) is 0 Å².